The van der Waals surface area contributed by atoms with Gasteiger partial charge < -0.3 is 9.84 Å². The van der Waals surface area contributed by atoms with Crippen molar-refractivity contribution in [2.75, 3.05) is 0 Å². The van der Waals surface area contributed by atoms with Gasteiger partial charge in [-0.1, -0.05) is 6.07 Å². The predicted octanol–water partition coefficient (Wildman–Crippen LogP) is 3.90. The molecule has 1 heterocycles. The number of hydrogen-bond acceptors (Lipinski definition) is 3. The van der Waals surface area contributed by atoms with Crippen molar-refractivity contribution in [3.8, 4) is 11.6 Å². The van der Waals surface area contributed by atoms with Gasteiger partial charge in [-0.05, 0) is 36.8 Å². The number of halogens is 3. The van der Waals surface area contributed by atoms with Gasteiger partial charge in [0.15, 0.2) is 0 Å². The number of carbonyl (C=O) groups is 1. The average molecular weight is 297 g/mol. The van der Waals surface area contributed by atoms with Crippen molar-refractivity contribution in [1.82, 2.24) is 4.98 Å². The fraction of sp³-hybridized carbons (Fsp3) is 0.143. The lowest BCUT2D eigenvalue weighted by Crippen LogP contribution is -2.08. The van der Waals surface area contributed by atoms with Crippen LogP contribution in [0.1, 0.15) is 21.6 Å². The summed E-state index contributed by atoms with van der Waals surface area (Å²) >= 11 is 0. The predicted molar refractivity (Wildman–Crippen MR) is 67.5 cm³/mol. The summed E-state index contributed by atoms with van der Waals surface area (Å²) in [4.78, 5) is 14.2. The Kier molecular flexibility index (Phi) is 3.84. The molecule has 0 radical (unpaired) electrons. The van der Waals surface area contributed by atoms with Crippen molar-refractivity contribution in [3.05, 3.63) is 53.2 Å². The van der Waals surface area contributed by atoms with Crippen molar-refractivity contribution in [3.63, 3.8) is 0 Å². The molecule has 2 rings (SSSR count). The third-order valence-electron chi connectivity index (χ3n) is 2.65. The molecule has 0 aliphatic heterocycles. The summed E-state index contributed by atoms with van der Waals surface area (Å²) in [7, 11) is 0. The van der Waals surface area contributed by atoms with Gasteiger partial charge in [-0.25, -0.2) is 9.78 Å². The first-order valence-corrected chi connectivity index (χ1v) is 5.83. The van der Waals surface area contributed by atoms with E-state index in [1.807, 2.05) is 0 Å². The number of pyridine rings is 1. The Hall–Kier alpha value is -2.57. The quantitative estimate of drug-likeness (QED) is 0.933. The topological polar surface area (TPSA) is 59.4 Å². The number of carboxylic acid groups (broad SMARTS) is 1. The molecule has 1 aromatic carbocycles. The van der Waals surface area contributed by atoms with Gasteiger partial charge >= 0.3 is 12.1 Å². The van der Waals surface area contributed by atoms with E-state index < -0.39 is 17.8 Å². The van der Waals surface area contributed by atoms with Crippen LogP contribution in [-0.4, -0.2) is 16.1 Å². The highest BCUT2D eigenvalue weighted by molar-refractivity contribution is 5.88. The maximum Gasteiger partial charge on any atom is 0.433 e. The highest BCUT2D eigenvalue weighted by atomic mass is 19.4. The van der Waals surface area contributed by atoms with E-state index in [0.29, 0.717) is 5.56 Å². The van der Waals surface area contributed by atoms with Crippen molar-refractivity contribution >= 4 is 5.97 Å². The summed E-state index contributed by atoms with van der Waals surface area (Å²) in [6.07, 6.45) is -4.55. The second-order valence-electron chi connectivity index (χ2n) is 4.25. The molecule has 0 amide bonds. The highest BCUT2D eigenvalue weighted by Crippen LogP contribution is 2.30. The number of alkyl halides is 3. The molecule has 0 bridgehead atoms. The molecular weight excluding hydrogens is 287 g/mol. The van der Waals surface area contributed by atoms with E-state index in [4.69, 9.17) is 9.84 Å². The van der Waals surface area contributed by atoms with Crippen LogP contribution in [0.4, 0.5) is 13.2 Å². The molecule has 0 unspecified atom stereocenters. The Balaban J connectivity index is 2.28. The lowest BCUT2D eigenvalue weighted by molar-refractivity contribution is -0.141. The largest absolute Gasteiger partial charge is 0.478 e. The van der Waals surface area contributed by atoms with Gasteiger partial charge in [0.05, 0.1) is 5.56 Å². The number of aromatic carboxylic acids is 1. The van der Waals surface area contributed by atoms with Crippen LogP contribution in [0.3, 0.4) is 0 Å². The molecule has 2 aromatic rings. The van der Waals surface area contributed by atoms with Gasteiger partial charge in [0.1, 0.15) is 11.4 Å². The first-order valence-electron chi connectivity index (χ1n) is 5.83. The molecule has 0 aliphatic carbocycles. The molecule has 1 aromatic heterocycles. The molecule has 110 valence electrons. The minimum Gasteiger partial charge on any atom is -0.478 e. The number of benzene rings is 1. The van der Waals surface area contributed by atoms with Crippen molar-refractivity contribution in [2.45, 2.75) is 13.1 Å². The third kappa shape index (κ3) is 3.50. The molecule has 0 spiro atoms. The van der Waals surface area contributed by atoms with Crippen molar-refractivity contribution in [2.24, 2.45) is 0 Å². The highest BCUT2D eigenvalue weighted by Gasteiger charge is 2.32. The second-order valence-corrected chi connectivity index (χ2v) is 4.25. The van der Waals surface area contributed by atoms with E-state index in [1.165, 1.54) is 30.3 Å². The number of hydrogen-bond donors (Lipinski definition) is 1. The van der Waals surface area contributed by atoms with Gasteiger partial charge in [0.25, 0.3) is 0 Å². The Bertz CT molecular complexity index is 683. The number of nitrogens with zero attached hydrogens (tertiary/aromatic N) is 1. The molecule has 7 heteroatoms. The van der Waals surface area contributed by atoms with Crippen LogP contribution in [-0.2, 0) is 6.18 Å². The molecular formula is C14H10F3NO3. The van der Waals surface area contributed by atoms with E-state index in [0.717, 1.165) is 6.07 Å². The molecule has 0 aliphatic rings. The number of carboxylic acids is 1. The molecule has 0 fully saturated rings. The lowest BCUT2D eigenvalue weighted by atomic mass is 10.1. The van der Waals surface area contributed by atoms with Gasteiger partial charge in [0, 0.05) is 6.07 Å². The Morgan fingerprint density at radius 2 is 1.95 bits per heavy atom. The Morgan fingerprint density at radius 3 is 2.52 bits per heavy atom. The van der Waals surface area contributed by atoms with Gasteiger partial charge in [-0.2, -0.15) is 13.2 Å². The molecule has 0 saturated heterocycles. The van der Waals surface area contributed by atoms with Crippen LogP contribution in [0.2, 0.25) is 0 Å². The summed E-state index contributed by atoms with van der Waals surface area (Å²) in [6, 6.07) is 7.36. The Morgan fingerprint density at radius 1 is 1.24 bits per heavy atom. The number of rotatable bonds is 3. The maximum atomic E-state index is 12.5. The fourth-order valence-electron chi connectivity index (χ4n) is 1.64. The van der Waals surface area contributed by atoms with Crippen LogP contribution < -0.4 is 4.74 Å². The van der Waals surface area contributed by atoms with E-state index in [-0.39, 0.29) is 17.2 Å². The van der Waals surface area contributed by atoms with Gasteiger partial charge in [-0.3, -0.25) is 0 Å². The molecule has 4 nitrogen and oxygen atoms in total. The summed E-state index contributed by atoms with van der Waals surface area (Å²) < 4.78 is 42.9. The molecule has 1 N–H and O–H groups in total. The van der Waals surface area contributed by atoms with E-state index >= 15 is 0 Å². The number of aryl methyl sites for hydroxylation is 1. The summed E-state index contributed by atoms with van der Waals surface area (Å²) in [5.41, 5.74) is -0.509. The van der Waals surface area contributed by atoms with Crippen LogP contribution in [0.5, 0.6) is 11.6 Å². The van der Waals surface area contributed by atoms with Crippen LogP contribution in [0, 0.1) is 6.92 Å². The number of ether oxygens (including phenoxy) is 1. The zero-order chi connectivity index (χ0) is 15.6. The van der Waals surface area contributed by atoms with Gasteiger partial charge in [0.2, 0.25) is 5.88 Å². The van der Waals surface area contributed by atoms with Crippen LogP contribution in [0.25, 0.3) is 0 Å². The minimum atomic E-state index is -4.55. The molecule has 0 saturated carbocycles. The molecule has 21 heavy (non-hydrogen) atoms. The second kappa shape index (κ2) is 5.43. The third-order valence-corrected chi connectivity index (χ3v) is 2.65. The fourth-order valence-corrected chi connectivity index (χ4v) is 1.64. The Labute approximate surface area is 117 Å². The summed E-state index contributed by atoms with van der Waals surface area (Å²) in [6.45, 7) is 1.59. The maximum absolute atomic E-state index is 12.5. The van der Waals surface area contributed by atoms with Crippen LogP contribution >= 0.6 is 0 Å². The molecule has 0 atom stereocenters. The van der Waals surface area contributed by atoms with Crippen LogP contribution in [0.15, 0.2) is 36.4 Å². The SMILES string of the molecule is Cc1cc(C(=O)O)ccc1Oc1cccc(C(F)(F)F)n1. The van der Waals surface area contributed by atoms with Gasteiger partial charge in [-0.15, -0.1) is 0 Å². The zero-order valence-corrected chi connectivity index (χ0v) is 10.8. The first kappa shape index (κ1) is 14.8. The minimum absolute atomic E-state index is 0.0665. The standard InChI is InChI=1S/C14H10F3NO3/c1-8-7-9(13(19)20)5-6-10(8)21-12-4-2-3-11(18-12)14(15,16)17/h2-7H,1H3,(H,19,20). The zero-order valence-electron chi connectivity index (χ0n) is 10.8. The van der Waals surface area contributed by atoms with E-state index in [2.05, 4.69) is 4.98 Å². The average Bonchev–Trinajstić information content (AvgIpc) is 2.40. The monoisotopic (exact) mass is 297 g/mol. The van der Waals surface area contributed by atoms with E-state index in [1.54, 1.807) is 6.92 Å². The van der Waals surface area contributed by atoms with Crippen molar-refractivity contribution in [1.29, 1.82) is 0 Å². The summed E-state index contributed by atoms with van der Waals surface area (Å²) in [5, 5.41) is 8.84. The normalized spacial score (nSPS) is 11.2. The summed E-state index contributed by atoms with van der Waals surface area (Å²) in [5.74, 6) is -1.07. The smallest absolute Gasteiger partial charge is 0.433 e. The first-order chi connectivity index (χ1) is 9.77. The lowest BCUT2D eigenvalue weighted by Gasteiger charge is -2.10. The number of aromatic nitrogens is 1. The van der Waals surface area contributed by atoms with E-state index in [9.17, 15) is 18.0 Å². The van der Waals surface area contributed by atoms with Crippen molar-refractivity contribution < 1.29 is 27.8 Å².